The average molecular weight is 378 g/mol. The molecule has 27 heavy (non-hydrogen) atoms. The van der Waals surface area contributed by atoms with Gasteiger partial charge >= 0.3 is 0 Å². The molecular weight excluding hydrogens is 354 g/mol. The number of rotatable bonds is 5. The number of aliphatic imine (C=N–C) groups is 1. The summed E-state index contributed by atoms with van der Waals surface area (Å²) in [5.74, 6) is 0. The van der Waals surface area contributed by atoms with Gasteiger partial charge in [0, 0.05) is 36.5 Å². The van der Waals surface area contributed by atoms with E-state index in [0.29, 0.717) is 11.7 Å². The van der Waals surface area contributed by atoms with Gasteiger partial charge in [0.05, 0.1) is 0 Å². The van der Waals surface area contributed by atoms with Gasteiger partial charge in [0.25, 0.3) is 0 Å². The van der Waals surface area contributed by atoms with Crippen LogP contribution in [0.3, 0.4) is 0 Å². The van der Waals surface area contributed by atoms with Crippen LogP contribution in [-0.2, 0) is 11.8 Å². The largest absolute Gasteiger partial charge is 0.325 e. The standard InChI is InChI=1S/C21H23N5S/c1-21(9-7-17-14-23-10-8-16(17)12-21)19-25-26-20(27-19)24-18(13-22)11-15-5-3-2-4-6-15/h2-3,5,7-10,14H,4,6,11-13,22H2,1H3/b24-18-. The van der Waals surface area contributed by atoms with Crippen LogP contribution >= 0.6 is 11.3 Å². The van der Waals surface area contributed by atoms with Crippen LogP contribution in [0.4, 0.5) is 5.13 Å². The van der Waals surface area contributed by atoms with Gasteiger partial charge in [0.15, 0.2) is 0 Å². The average Bonchev–Trinajstić information content (AvgIpc) is 3.17. The molecule has 1 unspecified atom stereocenters. The summed E-state index contributed by atoms with van der Waals surface area (Å²) < 4.78 is 0. The summed E-state index contributed by atoms with van der Waals surface area (Å²) in [6, 6.07) is 2.08. The molecule has 2 aliphatic carbocycles. The van der Waals surface area contributed by atoms with Crippen molar-refractivity contribution in [3.05, 3.63) is 64.5 Å². The fourth-order valence-corrected chi connectivity index (χ4v) is 4.35. The Labute approximate surface area is 163 Å². The smallest absolute Gasteiger partial charge is 0.231 e. The minimum absolute atomic E-state index is 0.167. The van der Waals surface area contributed by atoms with E-state index in [2.05, 4.69) is 58.6 Å². The lowest BCUT2D eigenvalue weighted by Crippen LogP contribution is -2.25. The Morgan fingerprint density at radius 1 is 1.37 bits per heavy atom. The number of fused-ring (bicyclic) bond motifs is 1. The molecule has 0 amide bonds. The summed E-state index contributed by atoms with van der Waals surface area (Å²) in [6.07, 6.45) is 18.4. The molecule has 0 saturated heterocycles. The second kappa shape index (κ2) is 7.66. The van der Waals surface area contributed by atoms with Crippen LogP contribution < -0.4 is 5.73 Å². The molecule has 2 N–H and O–H groups in total. The summed E-state index contributed by atoms with van der Waals surface area (Å²) in [5.41, 5.74) is 10.6. The van der Waals surface area contributed by atoms with Crippen molar-refractivity contribution in [3.63, 3.8) is 0 Å². The highest BCUT2D eigenvalue weighted by atomic mass is 32.1. The molecule has 0 aliphatic heterocycles. The minimum atomic E-state index is -0.167. The van der Waals surface area contributed by atoms with E-state index in [1.165, 1.54) is 16.7 Å². The molecule has 0 aromatic carbocycles. The summed E-state index contributed by atoms with van der Waals surface area (Å²) in [4.78, 5) is 8.90. The predicted molar refractivity (Wildman–Crippen MR) is 111 cm³/mol. The van der Waals surface area contributed by atoms with E-state index < -0.39 is 0 Å². The lowest BCUT2D eigenvalue weighted by Gasteiger charge is -2.27. The van der Waals surface area contributed by atoms with Crippen molar-refractivity contribution in [1.29, 1.82) is 0 Å². The Hall–Kier alpha value is -2.44. The number of aromatic nitrogens is 3. The van der Waals surface area contributed by atoms with Crippen molar-refractivity contribution < 1.29 is 0 Å². The third-order valence-corrected chi connectivity index (χ3v) is 6.15. The summed E-state index contributed by atoms with van der Waals surface area (Å²) in [5, 5.41) is 10.4. The Morgan fingerprint density at radius 2 is 2.30 bits per heavy atom. The molecule has 6 heteroatoms. The highest BCUT2D eigenvalue weighted by molar-refractivity contribution is 7.15. The van der Waals surface area contributed by atoms with E-state index in [9.17, 15) is 0 Å². The van der Waals surface area contributed by atoms with Gasteiger partial charge in [-0.2, -0.15) is 0 Å². The molecule has 1 atom stereocenters. The van der Waals surface area contributed by atoms with Gasteiger partial charge in [0.1, 0.15) is 5.01 Å². The van der Waals surface area contributed by atoms with Gasteiger partial charge in [-0.25, -0.2) is 4.99 Å². The summed E-state index contributed by atoms with van der Waals surface area (Å²) in [7, 11) is 0. The fourth-order valence-electron chi connectivity index (χ4n) is 3.47. The van der Waals surface area contributed by atoms with Crippen molar-refractivity contribution >= 4 is 28.3 Å². The number of nitrogens with zero attached hydrogens (tertiary/aromatic N) is 4. The Kier molecular flexibility index (Phi) is 5.09. The first-order chi connectivity index (χ1) is 13.2. The second-order valence-corrected chi connectivity index (χ2v) is 8.20. The first-order valence-electron chi connectivity index (χ1n) is 9.23. The van der Waals surface area contributed by atoms with Gasteiger partial charge in [-0.05, 0) is 43.4 Å². The first kappa shape index (κ1) is 17.9. The molecule has 138 valence electrons. The number of allylic oxidation sites excluding steroid dienone is 5. The molecule has 2 heterocycles. The van der Waals surface area contributed by atoms with Crippen LogP contribution in [0.2, 0.25) is 0 Å². The van der Waals surface area contributed by atoms with Crippen LogP contribution in [0, 0.1) is 0 Å². The fraction of sp³-hybridized carbons (Fsp3) is 0.333. The monoisotopic (exact) mass is 377 g/mol. The van der Waals surface area contributed by atoms with E-state index >= 15 is 0 Å². The first-order valence-corrected chi connectivity index (χ1v) is 10.1. The predicted octanol–water partition coefficient (Wildman–Crippen LogP) is 4.16. The van der Waals surface area contributed by atoms with E-state index in [0.717, 1.165) is 36.4 Å². The Morgan fingerprint density at radius 3 is 3.11 bits per heavy atom. The zero-order valence-electron chi connectivity index (χ0n) is 15.4. The quantitative estimate of drug-likeness (QED) is 0.794. The van der Waals surface area contributed by atoms with Gasteiger partial charge in [0.2, 0.25) is 5.13 Å². The van der Waals surface area contributed by atoms with E-state index in [1.807, 2.05) is 12.4 Å². The van der Waals surface area contributed by atoms with Crippen LogP contribution in [0.5, 0.6) is 0 Å². The minimum Gasteiger partial charge on any atom is -0.325 e. The van der Waals surface area contributed by atoms with Crippen molar-refractivity contribution in [3.8, 4) is 0 Å². The van der Waals surface area contributed by atoms with Crippen LogP contribution in [-0.4, -0.2) is 27.4 Å². The molecular formula is C21H23N5S. The molecule has 0 saturated carbocycles. The van der Waals surface area contributed by atoms with Gasteiger partial charge in [-0.3, -0.25) is 4.98 Å². The highest BCUT2D eigenvalue weighted by Gasteiger charge is 2.31. The maximum atomic E-state index is 5.93. The molecule has 2 aromatic rings. The number of hydrogen-bond donors (Lipinski definition) is 1. The molecule has 2 aromatic heterocycles. The molecule has 0 fully saturated rings. The number of pyridine rings is 1. The second-order valence-electron chi connectivity index (χ2n) is 7.24. The molecule has 0 radical (unpaired) electrons. The lowest BCUT2D eigenvalue weighted by atomic mass is 9.79. The zero-order valence-corrected chi connectivity index (χ0v) is 16.2. The third-order valence-electron chi connectivity index (χ3n) is 5.06. The summed E-state index contributed by atoms with van der Waals surface area (Å²) in [6.45, 7) is 2.64. The van der Waals surface area contributed by atoms with E-state index in [4.69, 9.17) is 10.7 Å². The highest BCUT2D eigenvalue weighted by Crippen LogP contribution is 2.38. The Balaban J connectivity index is 1.54. The van der Waals surface area contributed by atoms with Crippen LogP contribution in [0.25, 0.3) is 6.08 Å². The molecule has 4 rings (SSSR count). The van der Waals surface area contributed by atoms with Crippen molar-refractivity contribution in [2.45, 2.75) is 38.0 Å². The maximum absolute atomic E-state index is 5.93. The van der Waals surface area contributed by atoms with E-state index in [1.54, 1.807) is 11.3 Å². The molecule has 0 bridgehead atoms. The lowest BCUT2D eigenvalue weighted by molar-refractivity contribution is 0.575. The van der Waals surface area contributed by atoms with Crippen molar-refractivity contribution in [1.82, 2.24) is 15.2 Å². The number of nitrogens with two attached hydrogens (primary N) is 1. The maximum Gasteiger partial charge on any atom is 0.231 e. The van der Waals surface area contributed by atoms with Gasteiger partial charge < -0.3 is 5.73 Å². The molecule has 0 spiro atoms. The molecule has 2 aliphatic rings. The zero-order chi connectivity index (χ0) is 18.7. The normalized spacial score (nSPS) is 21.9. The molecule has 5 nitrogen and oxygen atoms in total. The SMILES string of the molecule is CC1(c2nnc(/N=C(\CN)CC3=CC=CCC3)s2)C=Cc2cnccc2C1. The van der Waals surface area contributed by atoms with Crippen molar-refractivity contribution in [2.75, 3.05) is 6.54 Å². The third kappa shape index (κ3) is 3.96. The Bertz CT molecular complexity index is 953. The van der Waals surface area contributed by atoms with Crippen molar-refractivity contribution in [2.24, 2.45) is 10.7 Å². The number of hydrogen-bond acceptors (Lipinski definition) is 6. The van der Waals surface area contributed by atoms with Crippen LogP contribution in [0.1, 0.15) is 42.3 Å². The summed E-state index contributed by atoms with van der Waals surface area (Å²) >= 11 is 1.55. The van der Waals surface area contributed by atoms with Crippen LogP contribution in [0.15, 0.2) is 53.3 Å². The topological polar surface area (TPSA) is 77.0 Å². The van der Waals surface area contributed by atoms with Gasteiger partial charge in [-0.1, -0.05) is 47.3 Å². The van der Waals surface area contributed by atoms with Gasteiger partial charge in [-0.15, -0.1) is 10.2 Å². The van der Waals surface area contributed by atoms with E-state index in [-0.39, 0.29) is 5.41 Å².